The predicted molar refractivity (Wildman–Crippen MR) is 164 cm³/mol. The zero-order valence-electron chi connectivity index (χ0n) is 25.8. The van der Waals surface area contributed by atoms with Crippen molar-refractivity contribution in [2.75, 3.05) is 25.9 Å². The lowest BCUT2D eigenvalue weighted by Crippen LogP contribution is -2.45. The van der Waals surface area contributed by atoms with Gasteiger partial charge in [0.2, 0.25) is 5.91 Å². The van der Waals surface area contributed by atoms with E-state index < -0.39 is 23.5 Å². The summed E-state index contributed by atoms with van der Waals surface area (Å²) in [5, 5.41) is 0. The number of fused-ring (bicyclic) bond motifs is 1. The number of methoxy groups -OCH3 is 1. The summed E-state index contributed by atoms with van der Waals surface area (Å²) in [6.07, 6.45) is 2.85. The predicted octanol–water partition coefficient (Wildman–Crippen LogP) is 3.50. The van der Waals surface area contributed by atoms with Crippen LogP contribution in [0.2, 0.25) is 0 Å². The SMILES string of the molecule is COc1cc(C(=O)N2CCC[C@]3(C[C@H]3C#Cc3cccc4c3CN([C@@H](CCC(=O)OC(C)(C)C)C(N)=O)C4=O)C2)ccc1N. The van der Waals surface area contributed by atoms with Crippen molar-refractivity contribution in [2.45, 2.75) is 71.1 Å². The lowest BCUT2D eigenvalue weighted by molar-refractivity contribution is -0.155. The molecule has 0 aromatic heterocycles. The molecular weight excluding hydrogens is 560 g/mol. The number of nitrogens with zero attached hydrogens (tertiary/aromatic N) is 2. The van der Waals surface area contributed by atoms with Crippen molar-refractivity contribution in [3.8, 4) is 17.6 Å². The molecule has 232 valence electrons. The molecule has 0 unspecified atom stereocenters. The number of carbonyl (C=O) groups is 4. The van der Waals surface area contributed by atoms with Gasteiger partial charge in [0.1, 0.15) is 17.4 Å². The molecule has 2 aromatic carbocycles. The Kier molecular flexibility index (Phi) is 8.34. The average molecular weight is 601 g/mol. The molecule has 0 bridgehead atoms. The van der Waals surface area contributed by atoms with Gasteiger partial charge in [0, 0.05) is 54.1 Å². The summed E-state index contributed by atoms with van der Waals surface area (Å²) in [6, 6.07) is 9.55. The summed E-state index contributed by atoms with van der Waals surface area (Å²) in [7, 11) is 1.53. The molecule has 44 heavy (non-hydrogen) atoms. The van der Waals surface area contributed by atoms with Gasteiger partial charge in [-0.05, 0) is 82.3 Å². The molecule has 3 atom stereocenters. The third-order valence-electron chi connectivity index (χ3n) is 8.69. The molecule has 2 aromatic rings. The molecule has 3 aliphatic rings. The lowest BCUT2D eigenvalue weighted by atomic mass is 9.91. The van der Waals surface area contributed by atoms with E-state index in [0.29, 0.717) is 35.7 Å². The second-order valence-corrected chi connectivity index (χ2v) is 13.0. The Hall–Kier alpha value is -4.52. The van der Waals surface area contributed by atoms with Crippen LogP contribution in [-0.4, -0.2) is 65.3 Å². The third kappa shape index (κ3) is 6.37. The fraction of sp³-hybridized carbons (Fsp3) is 0.471. The number of nitrogen functional groups attached to an aromatic ring is 1. The number of hydrogen-bond acceptors (Lipinski definition) is 7. The topological polar surface area (TPSA) is 145 Å². The number of carbonyl (C=O) groups excluding carboxylic acids is 4. The molecule has 3 amide bonds. The van der Waals surface area contributed by atoms with Crippen LogP contribution in [0.1, 0.15) is 84.7 Å². The van der Waals surface area contributed by atoms with Crippen molar-refractivity contribution in [3.05, 3.63) is 58.7 Å². The van der Waals surface area contributed by atoms with Gasteiger partial charge >= 0.3 is 5.97 Å². The molecule has 2 aliphatic heterocycles. The van der Waals surface area contributed by atoms with Crippen LogP contribution in [0.5, 0.6) is 5.75 Å². The van der Waals surface area contributed by atoms with E-state index in [2.05, 4.69) is 11.8 Å². The first-order valence-corrected chi connectivity index (χ1v) is 15.0. The standard InChI is InChI=1S/C34H40N4O6/c1-33(2,3)44-29(39)14-13-27(30(36)40)38-19-25-21(7-5-8-24(25)32(38)42)9-11-23-18-34(23)15-6-16-37(20-34)31(41)22-10-12-26(35)28(17-22)43-4/h5,7-8,10,12,17,23,27H,6,13-16,18-20,35H2,1-4H3,(H2,36,40)/t23-,27+,34+/m1/s1. The Morgan fingerprint density at radius 1 is 1.18 bits per heavy atom. The van der Waals surface area contributed by atoms with E-state index in [1.54, 1.807) is 51.1 Å². The largest absolute Gasteiger partial charge is 0.495 e. The van der Waals surface area contributed by atoms with Crippen molar-refractivity contribution >= 4 is 29.4 Å². The van der Waals surface area contributed by atoms with Crippen LogP contribution >= 0.6 is 0 Å². The van der Waals surface area contributed by atoms with Gasteiger partial charge in [0.05, 0.1) is 12.8 Å². The first-order valence-electron chi connectivity index (χ1n) is 15.0. The van der Waals surface area contributed by atoms with Gasteiger partial charge in [-0.15, -0.1) is 0 Å². The smallest absolute Gasteiger partial charge is 0.306 e. The highest BCUT2D eigenvalue weighted by Crippen LogP contribution is 2.57. The second-order valence-electron chi connectivity index (χ2n) is 13.0. The highest BCUT2D eigenvalue weighted by molar-refractivity contribution is 6.01. The molecule has 1 saturated heterocycles. The van der Waals surface area contributed by atoms with E-state index in [9.17, 15) is 19.2 Å². The molecule has 2 heterocycles. The Labute approximate surface area is 258 Å². The molecule has 1 aliphatic carbocycles. The zero-order chi connectivity index (χ0) is 31.8. The summed E-state index contributed by atoms with van der Waals surface area (Å²) >= 11 is 0. The van der Waals surface area contributed by atoms with Gasteiger partial charge < -0.3 is 30.7 Å². The minimum atomic E-state index is -0.943. The van der Waals surface area contributed by atoms with Gasteiger partial charge in [-0.25, -0.2) is 0 Å². The van der Waals surface area contributed by atoms with Crippen LogP contribution < -0.4 is 16.2 Å². The number of benzene rings is 2. The van der Waals surface area contributed by atoms with Crippen molar-refractivity contribution < 1.29 is 28.7 Å². The van der Waals surface area contributed by atoms with Crippen LogP contribution in [0.25, 0.3) is 0 Å². The monoisotopic (exact) mass is 600 g/mol. The van der Waals surface area contributed by atoms with E-state index in [1.165, 1.54) is 12.0 Å². The van der Waals surface area contributed by atoms with Crippen LogP contribution in [0.15, 0.2) is 36.4 Å². The van der Waals surface area contributed by atoms with Crippen LogP contribution in [0.3, 0.4) is 0 Å². The number of hydrogen-bond donors (Lipinski definition) is 2. The Morgan fingerprint density at radius 2 is 1.95 bits per heavy atom. The molecule has 5 rings (SSSR count). The normalized spacial score (nSPS) is 21.3. The van der Waals surface area contributed by atoms with Crippen molar-refractivity contribution in [2.24, 2.45) is 17.1 Å². The van der Waals surface area contributed by atoms with Crippen LogP contribution in [-0.2, 0) is 20.9 Å². The fourth-order valence-electron chi connectivity index (χ4n) is 6.35. The maximum atomic E-state index is 13.3. The Balaban J connectivity index is 1.27. The van der Waals surface area contributed by atoms with E-state index >= 15 is 0 Å². The summed E-state index contributed by atoms with van der Waals surface area (Å²) in [6.45, 7) is 6.82. The van der Waals surface area contributed by atoms with Crippen molar-refractivity contribution in [1.82, 2.24) is 9.80 Å². The first-order chi connectivity index (χ1) is 20.8. The summed E-state index contributed by atoms with van der Waals surface area (Å²) in [5.74, 6) is 5.88. The summed E-state index contributed by atoms with van der Waals surface area (Å²) in [4.78, 5) is 54.6. The number of ether oxygens (including phenoxy) is 2. The maximum Gasteiger partial charge on any atom is 0.306 e. The van der Waals surface area contributed by atoms with E-state index in [4.69, 9.17) is 20.9 Å². The summed E-state index contributed by atoms with van der Waals surface area (Å²) < 4.78 is 10.7. The summed E-state index contributed by atoms with van der Waals surface area (Å²) in [5.41, 5.74) is 13.9. The van der Waals surface area contributed by atoms with Gasteiger partial charge in [-0.3, -0.25) is 19.2 Å². The molecule has 0 radical (unpaired) electrons. The highest BCUT2D eigenvalue weighted by atomic mass is 16.6. The number of amides is 3. The number of rotatable bonds is 7. The molecule has 1 saturated carbocycles. The minimum Gasteiger partial charge on any atom is -0.495 e. The maximum absolute atomic E-state index is 13.3. The number of anilines is 1. The number of piperidine rings is 1. The van der Waals surface area contributed by atoms with Crippen LogP contribution in [0, 0.1) is 23.2 Å². The second kappa shape index (κ2) is 11.9. The van der Waals surface area contributed by atoms with Gasteiger partial charge in [-0.2, -0.15) is 0 Å². The first kappa shape index (κ1) is 30.9. The molecule has 2 fully saturated rings. The Bertz CT molecular complexity index is 1570. The third-order valence-corrected chi connectivity index (χ3v) is 8.69. The quantitative estimate of drug-likeness (QED) is 0.281. The van der Waals surface area contributed by atoms with Crippen LogP contribution in [0.4, 0.5) is 5.69 Å². The van der Waals surface area contributed by atoms with E-state index in [0.717, 1.165) is 30.4 Å². The van der Waals surface area contributed by atoms with Crippen molar-refractivity contribution in [3.63, 3.8) is 0 Å². The molecule has 10 heteroatoms. The zero-order valence-corrected chi connectivity index (χ0v) is 25.8. The minimum absolute atomic E-state index is 0.0349. The molecule has 4 N–H and O–H groups in total. The lowest BCUT2D eigenvalue weighted by Gasteiger charge is -2.33. The van der Waals surface area contributed by atoms with Crippen molar-refractivity contribution in [1.29, 1.82) is 0 Å². The highest BCUT2D eigenvalue weighted by Gasteiger charge is 2.55. The molecular formula is C34H40N4O6. The van der Waals surface area contributed by atoms with Gasteiger partial charge in [-0.1, -0.05) is 17.9 Å². The number of nitrogens with two attached hydrogens (primary N) is 2. The fourth-order valence-corrected chi connectivity index (χ4v) is 6.35. The average Bonchev–Trinajstić information content (AvgIpc) is 3.51. The van der Waals surface area contributed by atoms with Gasteiger partial charge in [0.25, 0.3) is 11.8 Å². The molecule has 10 nitrogen and oxygen atoms in total. The van der Waals surface area contributed by atoms with E-state index in [-0.39, 0.29) is 42.5 Å². The number of primary amides is 1. The number of likely N-dealkylation sites (tertiary alicyclic amines) is 1. The Morgan fingerprint density at radius 3 is 2.66 bits per heavy atom. The number of esters is 1. The van der Waals surface area contributed by atoms with Gasteiger partial charge in [0.15, 0.2) is 0 Å². The molecule has 1 spiro atoms. The van der Waals surface area contributed by atoms with E-state index in [1.807, 2.05) is 11.0 Å².